The maximum absolute atomic E-state index is 13.1. The Balaban J connectivity index is 1.35. The standard InChI is InChI=1S/C25H23N3O4S/c1-15-13-16(2)26-24-21(15)22(28-10-5-6-11-28)23(33-24)25(30)32-14-20(29)27-18-9-12-31-19-8-4-3-7-17(18)19/h3-8,10-11,13,18H,9,12,14H2,1-2H3,(H,27,29). The Kier molecular flexibility index (Phi) is 5.60. The quantitative estimate of drug-likeness (QED) is 0.443. The van der Waals surface area contributed by atoms with E-state index in [0.717, 1.165) is 38.5 Å². The first-order valence-electron chi connectivity index (χ1n) is 10.7. The molecule has 33 heavy (non-hydrogen) atoms. The average Bonchev–Trinajstić information content (AvgIpc) is 3.45. The van der Waals surface area contributed by atoms with E-state index in [0.29, 0.717) is 17.9 Å². The van der Waals surface area contributed by atoms with Crippen LogP contribution in [0.3, 0.4) is 0 Å². The highest BCUT2D eigenvalue weighted by Gasteiger charge is 2.26. The molecular formula is C25H23N3O4S. The van der Waals surface area contributed by atoms with Gasteiger partial charge < -0.3 is 19.4 Å². The van der Waals surface area contributed by atoms with Gasteiger partial charge >= 0.3 is 5.97 Å². The minimum absolute atomic E-state index is 0.171. The molecule has 8 heteroatoms. The number of carbonyl (C=O) groups excluding carboxylic acids is 2. The van der Waals surface area contributed by atoms with Crippen molar-refractivity contribution in [1.82, 2.24) is 14.9 Å². The zero-order valence-electron chi connectivity index (χ0n) is 18.3. The molecule has 5 rings (SSSR count). The zero-order chi connectivity index (χ0) is 22.9. The van der Waals surface area contributed by atoms with E-state index in [2.05, 4.69) is 10.3 Å². The van der Waals surface area contributed by atoms with Gasteiger partial charge in [0.15, 0.2) is 6.61 Å². The molecule has 0 saturated heterocycles. The highest BCUT2D eigenvalue weighted by molar-refractivity contribution is 7.21. The van der Waals surface area contributed by atoms with E-state index in [-0.39, 0.29) is 18.6 Å². The topological polar surface area (TPSA) is 82.5 Å². The Labute approximate surface area is 195 Å². The number of nitrogens with one attached hydrogen (secondary N) is 1. The van der Waals surface area contributed by atoms with Gasteiger partial charge in [-0.25, -0.2) is 9.78 Å². The van der Waals surface area contributed by atoms with Gasteiger partial charge in [-0.15, -0.1) is 11.3 Å². The molecule has 0 spiro atoms. The van der Waals surface area contributed by atoms with Crippen LogP contribution in [0.15, 0.2) is 54.9 Å². The number of aromatic nitrogens is 2. The third kappa shape index (κ3) is 4.09. The monoisotopic (exact) mass is 461 g/mol. The van der Waals surface area contributed by atoms with Crippen LogP contribution in [0.1, 0.15) is 39.0 Å². The second-order valence-corrected chi connectivity index (χ2v) is 9.00. The number of carbonyl (C=O) groups is 2. The van der Waals surface area contributed by atoms with Crippen LogP contribution in [0.5, 0.6) is 5.75 Å². The van der Waals surface area contributed by atoms with E-state index in [1.807, 2.05) is 73.3 Å². The first kappa shape index (κ1) is 21.2. The van der Waals surface area contributed by atoms with Crippen LogP contribution >= 0.6 is 11.3 Å². The number of hydrogen-bond donors (Lipinski definition) is 1. The highest BCUT2D eigenvalue weighted by atomic mass is 32.1. The molecule has 0 fully saturated rings. The van der Waals surface area contributed by atoms with Gasteiger partial charge in [-0.3, -0.25) is 4.79 Å². The molecule has 4 aromatic rings. The largest absolute Gasteiger partial charge is 0.493 e. The van der Waals surface area contributed by atoms with E-state index in [4.69, 9.17) is 9.47 Å². The number of benzene rings is 1. The molecule has 4 heterocycles. The number of thiophene rings is 1. The number of rotatable bonds is 5. The molecule has 0 radical (unpaired) electrons. The van der Waals surface area contributed by atoms with Gasteiger partial charge in [-0.1, -0.05) is 18.2 Å². The highest BCUT2D eigenvalue weighted by Crippen LogP contribution is 2.36. The summed E-state index contributed by atoms with van der Waals surface area (Å²) in [5.74, 6) is -0.119. The molecule has 1 aromatic carbocycles. The molecule has 1 aliphatic rings. The Morgan fingerprint density at radius 2 is 2.00 bits per heavy atom. The molecule has 1 amide bonds. The lowest BCUT2D eigenvalue weighted by Crippen LogP contribution is -2.35. The number of amides is 1. The van der Waals surface area contributed by atoms with Crippen LogP contribution in [0, 0.1) is 13.8 Å². The summed E-state index contributed by atoms with van der Waals surface area (Å²) in [5.41, 5.74) is 3.58. The minimum atomic E-state index is -0.540. The molecule has 0 bridgehead atoms. The number of ether oxygens (including phenoxy) is 2. The summed E-state index contributed by atoms with van der Waals surface area (Å²) in [6, 6.07) is 13.2. The van der Waals surface area contributed by atoms with E-state index in [1.165, 1.54) is 11.3 Å². The number of esters is 1. The number of hydrogen-bond acceptors (Lipinski definition) is 6. The fourth-order valence-electron chi connectivity index (χ4n) is 4.22. The van der Waals surface area contributed by atoms with Crippen LogP contribution < -0.4 is 10.1 Å². The number of para-hydroxylation sites is 1. The number of nitrogens with zero attached hydrogens (tertiary/aromatic N) is 2. The lowest BCUT2D eigenvalue weighted by Gasteiger charge is -2.26. The normalized spacial score (nSPS) is 15.0. The molecule has 0 aliphatic carbocycles. The predicted molar refractivity (Wildman–Crippen MR) is 126 cm³/mol. The van der Waals surface area contributed by atoms with Crippen LogP contribution in [-0.2, 0) is 9.53 Å². The SMILES string of the molecule is Cc1cc(C)c2c(-n3cccc3)c(C(=O)OCC(=O)NC3CCOc4ccccc43)sc2n1. The molecule has 7 nitrogen and oxygen atoms in total. The molecule has 1 atom stereocenters. The van der Waals surface area contributed by atoms with Crippen molar-refractivity contribution in [1.29, 1.82) is 0 Å². The van der Waals surface area contributed by atoms with E-state index in [9.17, 15) is 9.59 Å². The smallest absolute Gasteiger partial charge is 0.351 e. The summed E-state index contributed by atoms with van der Waals surface area (Å²) in [6.07, 6.45) is 4.43. The van der Waals surface area contributed by atoms with Gasteiger partial charge in [-0.2, -0.15) is 0 Å². The number of aryl methyl sites for hydroxylation is 2. The molecule has 168 valence electrons. The van der Waals surface area contributed by atoms with Crippen LogP contribution in [0.4, 0.5) is 0 Å². The van der Waals surface area contributed by atoms with E-state index >= 15 is 0 Å². The average molecular weight is 462 g/mol. The molecule has 0 saturated carbocycles. The Morgan fingerprint density at radius 1 is 1.21 bits per heavy atom. The Morgan fingerprint density at radius 3 is 2.82 bits per heavy atom. The van der Waals surface area contributed by atoms with Crippen molar-refractivity contribution in [3.8, 4) is 11.4 Å². The molecule has 1 N–H and O–H groups in total. The molecule has 1 aliphatic heterocycles. The van der Waals surface area contributed by atoms with Gasteiger partial charge in [-0.05, 0) is 43.7 Å². The second-order valence-electron chi connectivity index (χ2n) is 8.00. The van der Waals surface area contributed by atoms with Crippen LogP contribution in [-0.4, -0.2) is 34.6 Å². The Bertz CT molecular complexity index is 1340. The summed E-state index contributed by atoms with van der Waals surface area (Å²) in [7, 11) is 0. The third-order valence-corrected chi connectivity index (χ3v) is 6.69. The van der Waals surface area contributed by atoms with Crippen LogP contribution in [0.25, 0.3) is 15.9 Å². The van der Waals surface area contributed by atoms with Gasteiger partial charge in [0.1, 0.15) is 15.5 Å². The van der Waals surface area contributed by atoms with Crippen LogP contribution in [0.2, 0.25) is 0 Å². The summed E-state index contributed by atoms with van der Waals surface area (Å²) in [4.78, 5) is 31.5. The first-order chi connectivity index (χ1) is 16.0. The number of pyridine rings is 1. The summed E-state index contributed by atoms with van der Waals surface area (Å²) >= 11 is 1.28. The first-order valence-corrected chi connectivity index (χ1v) is 11.5. The van der Waals surface area contributed by atoms with Gasteiger partial charge in [0.05, 0.1) is 18.3 Å². The predicted octanol–water partition coefficient (Wildman–Crippen LogP) is 4.50. The van der Waals surface area contributed by atoms with Gasteiger partial charge in [0.25, 0.3) is 5.91 Å². The fraction of sp³-hybridized carbons (Fsp3) is 0.240. The summed E-state index contributed by atoms with van der Waals surface area (Å²) < 4.78 is 13.0. The molecule has 1 unspecified atom stereocenters. The van der Waals surface area contributed by atoms with Crippen molar-refractivity contribution in [2.45, 2.75) is 26.3 Å². The van der Waals surface area contributed by atoms with E-state index < -0.39 is 5.97 Å². The maximum atomic E-state index is 13.1. The van der Waals surface area contributed by atoms with Gasteiger partial charge in [0, 0.05) is 35.5 Å². The van der Waals surface area contributed by atoms with Crippen molar-refractivity contribution < 1.29 is 19.1 Å². The third-order valence-electron chi connectivity index (χ3n) is 5.64. The molecule has 3 aromatic heterocycles. The summed E-state index contributed by atoms with van der Waals surface area (Å²) in [6.45, 7) is 4.10. The van der Waals surface area contributed by atoms with E-state index in [1.54, 1.807) is 0 Å². The lowest BCUT2D eigenvalue weighted by atomic mass is 10.0. The van der Waals surface area contributed by atoms with Crippen molar-refractivity contribution in [3.05, 3.63) is 76.6 Å². The Hall–Kier alpha value is -3.65. The van der Waals surface area contributed by atoms with Crippen molar-refractivity contribution >= 4 is 33.4 Å². The second kappa shape index (κ2) is 8.71. The van der Waals surface area contributed by atoms with Gasteiger partial charge in [0.2, 0.25) is 0 Å². The van der Waals surface area contributed by atoms with Crippen molar-refractivity contribution in [2.24, 2.45) is 0 Å². The lowest BCUT2D eigenvalue weighted by molar-refractivity contribution is -0.125. The fourth-order valence-corrected chi connectivity index (χ4v) is 5.41. The number of fused-ring (bicyclic) bond motifs is 2. The molecular weight excluding hydrogens is 438 g/mol. The summed E-state index contributed by atoms with van der Waals surface area (Å²) in [5, 5.41) is 3.87. The van der Waals surface area contributed by atoms with Crippen molar-refractivity contribution in [3.63, 3.8) is 0 Å². The minimum Gasteiger partial charge on any atom is -0.493 e. The zero-order valence-corrected chi connectivity index (χ0v) is 19.1. The maximum Gasteiger partial charge on any atom is 0.351 e. The van der Waals surface area contributed by atoms with Crippen molar-refractivity contribution in [2.75, 3.05) is 13.2 Å².